The number of anilines is 1. The van der Waals surface area contributed by atoms with E-state index >= 15 is 0 Å². The Morgan fingerprint density at radius 1 is 1.37 bits per heavy atom. The first-order valence-electron chi connectivity index (χ1n) is 5.87. The predicted molar refractivity (Wildman–Crippen MR) is 73.8 cm³/mol. The molecule has 0 unspecified atom stereocenters. The maximum atomic E-state index is 5.77. The van der Waals surface area contributed by atoms with Crippen LogP contribution in [0.3, 0.4) is 0 Å². The minimum Gasteiger partial charge on any atom is -0.497 e. The zero-order valence-corrected chi connectivity index (χ0v) is 10.9. The number of nitrogens with zero attached hydrogens (tertiary/aromatic N) is 4. The number of hydrogen-bond donors (Lipinski definition) is 2. The molecule has 100 valence electrons. The van der Waals surface area contributed by atoms with Crippen LogP contribution >= 0.6 is 0 Å². The first kappa shape index (κ1) is 12.9. The van der Waals surface area contributed by atoms with Crippen LogP contribution in [0, 0.1) is 0 Å². The van der Waals surface area contributed by atoms with Crippen molar-refractivity contribution in [2.45, 2.75) is 13.3 Å². The van der Waals surface area contributed by atoms with Gasteiger partial charge in [-0.2, -0.15) is 5.10 Å². The number of hydrazone groups is 1. The van der Waals surface area contributed by atoms with Crippen molar-refractivity contribution in [1.29, 1.82) is 0 Å². The van der Waals surface area contributed by atoms with Gasteiger partial charge in [-0.25, -0.2) is 10.1 Å². The Labute approximate surface area is 111 Å². The normalized spacial score (nSPS) is 10.8. The fourth-order valence-electron chi connectivity index (χ4n) is 1.50. The monoisotopic (exact) mass is 260 g/mol. The molecule has 19 heavy (non-hydrogen) atoms. The third-order valence-corrected chi connectivity index (χ3v) is 2.58. The van der Waals surface area contributed by atoms with Gasteiger partial charge in [-0.1, -0.05) is 6.92 Å². The molecule has 0 bridgehead atoms. The van der Waals surface area contributed by atoms with Gasteiger partial charge in [-0.05, 0) is 29.8 Å². The number of rotatable bonds is 5. The Hall–Kier alpha value is -2.57. The Kier molecular flexibility index (Phi) is 3.97. The van der Waals surface area contributed by atoms with Crippen molar-refractivity contribution in [3.63, 3.8) is 0 Å². The second-order valence-electron chi connectivity index (χ2n) is 3.81. The van der Waals surface area contributed by atoms with Crippen LogP contribution in [0.4, 0.5) is 5.95 Å². The van der Waals surface area contributed by atoms with Gasteiger partial charge in [0.05, 0.1) is 13.3 Å². The van der Waals surface area contributed by atoms with E-state index in [1.165, 1.54) is 4.68 Å². The van der Waals surface area contributed by atoms with Crippen molar-refractivity contribution >= 4 is 12.2 Å². The zero-order chi connectivity index (χ0) is 13.7. The van der Waals surface area contributed by atoms with Crippen molar-refractivity contribution < 1.29 is 4.74 Å². The Morgan fingerprint density at radius 3 is 2.68 bits per heavy atom. The molecule has 3 N–H and O–H groups in total. The van der Waals surface area contributed by atoms with Crippen LogP contribution in [-0.4, -0.2) is 28.2 Å². The van der Waals surface area contributed by atoms with Crippen molar-refractivity contribution in [3.8, 4) is 5.75 Å². The summed E-state index contributed by atoms with van der Waals surface area (Å²) in [5.41, 5.74) is 3.68. The van der Waals surface area contributed by atoms with Gasteiger partial charge in [0.2, 0.25) is 0 Å². The molecule has 0 saturated carbocycles. The highest BCUT2D eigenvalue weighted by Crippen LogP contribution is 2.10. The second kappa shape index (κ2) is 5.85. The zero-order valence-electron chi connectivity index (χ0n) is 10.9. The molecule has 7 heteroatoms. The minimum absolute atomic E-state index is 0.404. The highest BCUT2D eigenvalue weighted by molar-refractivity contribution is 5.80. The smallest absolute Gasteiger partial charge is 0.263 e. The predicted octanol–water partition coefficient (Wildman–Crippen LogP) is 1.01. The van der Waals surface area contributed by atoms with Crippen LogP contribution in [0.5, 0.6) is 5.75 Å². The molecule has 0 aliphatic heterocycles. The third-order valence-electron chi connectivity index (χ3n) is 2.58. The number of aryl methyl sites for hydroxylation is 1. The highest BCUT2D eigenvalue weighted by atomic mass is 16.5. The van der Waals surface area contributed by atoms with Crippen LogP contribution in [0.15, 0.2) is 29.4 Å². The molecule has 2 rings (SSSR count). The average molecular weight is 260 g/mol. The fraction of sp³-hybridized carbons (Fsp3) is 0.250. The van der Waals surface area contributed by atoms with Gasteiger partial charge in [0.15, 0.2) is 5.82 Å². The molecule has 0 aliphatic carbocycles. The molecule has 0 atom stereocenters. The molecule has 1 heterocycles. The molecule has 1 aromatic heterocycles. The van der Waals surface area contributed by atoms with E-state index in [2.05, 4.69) is 20.7 Å². The van der Waals surface area contributed by atoms with Crippen LogP contribution in [0.1, 0.15) is 18.3 Å². The van der Waals surface area contributed by atoms with E-state index in [4.69, 9.17) is 10.6 Å². The summed E-state index contributed by atoms with van der Waals surface area (Å²) in [6, 6.07) is 7.52. The lowest BCUT2D eigenvalue weighted by molar-refractivity contribution is 0.415. The second-order valence-corrected chi connectivity index (χ2v) is 3.81. The number of nitrogens with one attached hydrogen (secondary N) is 1. The molecule has 0 amide bonds. The summed E-state index contributed by atoms with van der Waals surface area (Å²) in [6.07, 6.45) is 2.38. The van der Waals surface area contributed by atoms with Gasteiger partial charge in [-0.3, -0.25) is 0 Å². The average Bonchev–Trinajstić information content (AvgIpc) is 2.80. The maximum absolute atomic E-state index is 5.77. The van der Waals surface area contributed by atoms with E-state index in [0.717, 1.165) is 11.3 Å². The molecule has 0 fully saturated rings. The summed E-state index contributed by atoms with van der Waals surface area (Å²) < 4.78 is 6.46. The fourth-order valence-corrected chi connectivity index (χ4v) is 1.50. The summed E-state index contributed by atoms with van der Waals surface area (Å²) in [7, 11) is 1.63. The maximum Gasteiger partial charge on any atom is 0.263 e. The molecule has 7 nitrogen and oxygen atoms in total. The number of hydrogen-bond acceptors (Lipinski definition) is 6. The topological polar surface area (TPSA) is 90.4 Å². The van der Waals surface area contributed by atoms with E-state index in [1.54, 1.807) is 13.3 Å². The quantitative estimate of drug-likeness (QED) is 0.475. The lowest BCUT2D eigenvalue weighted by Crippen LogP contribution is -2.14. The first-order chi connectivity index (χ1) is 9.24. The summed E-state index contributed by atoms with van der Waals surface area (Å²) in [6.45, 7) is 1.96. The molecule has 0 radical (unpaired) electrons. The van der Waals surface area contributed by atoms with E-state index in [-0.39, 0.29) is 0 Å². The Balaban J connectivity index is 2.00. The third kappa shape index (κ3) is 3.01. The molecular formula is C12H16N6O. The van der Waals surface area contributed by atoms with E-state index in [0.29, 0.717) is 18.2 Å². The van der Waals surface area contributed by atoms with Crippen molar-refractivity contribution in [3.05, 3.63) is 35.7 Å². The van der Waals surface area contributed by atoms with Crippen LogP contribution < -0.4 is 16.0 Å². The van der Waals surface area contributed by atoms with Gasteiger partial charge >= 0.3 is 0 Å². The molecule has 0 spiro atoms. The van der Waals surface area contributed by atoms with Gasteiger partial charge in [0.1, 0.15) is 5.75 Å². The SMILES string of the molecule is CCc1nnc(N/N=C\c2ccc(OC)cc2)n1N. The van der Waals surface area contributed by atoms with Gasteiger partial charge in [0.25, 0.3) is 5.95 Å². The molecular weight excluding hydrogens is 244 g/mol. The number of nitrogen functional groups attached to an aromatic ring is 1. The van der Waals surface area contributed by atoms with Crippen molar-refractivity contribution in [2.24, 2.45) is 5.10 Å². The number of aromatic nitrogens is 3. The highest BCUT2D eigenvalue weighted by Gasteiger charge is 2.05. The van der Waals surface area contributed by atoms with E-state index < -0.39 is 0 Å². The van der Waals surface area contributed by atoms with Crippen LogP contribution in [0.25, 0.3) is 0 Å². The van der Waals surface area contributed by atoms with Gasteiger partial charge < -0.3 is 10.6 Å². The Morgan fingerprint density at radius 2 is 2.11 bits per heavy atom. The molecule has 2 aromatic rings. The van der Waals surface area contributed by atoms with Crippen LogP contribution in [0.2, 0.25) is 0 Å². The molecule has 1 aromatic carbocycles. The number of nitrogens with two attached hydrogens (primary N) is 1. The summed E-state index contributed by atoms with van der Waals surface area (Å²) in [5, 5.41) is 11.9. The number of benzene rings is 1. The largest absolute Gasteiger partial charge is 0.497 e. The van der Waals surface area contributed by atoms with Gasteiger partial charge in [-0.15, -0.1) is 10.2 Å². The van der Waals surface area contributed by atoms with Gasteiger partial charge in [0, 0.05) is 6.42 Å². The van der Waals surface area contributed by atoms with Crippen molar-refractivity contribution in [2.75, 3.05) is 18.4 Å². The minimum atomic E-state index is 0.404. The lowest BCUT2D eigenvalue weighted by atomic mass is 10.2. The Bertz CT molecular complexity index is 560. The summed E-state index contributed by atoms with van der Waals surface area (Å²) in [4.78, 5) is 0. The number of ether oxygens (including phenoxy) is 1. The first-order valence-corrected chi connectivity index (χ1v) is 5.87. The molecule has 0 saturated heterocycles. The van der Waals surface area contributed by atoms with Crippen LogP contribution in [-0.2, 0) is 6.42 Å². The lowest BCUT2D eigenvalue weighted by Gasteiger charge is -2.01. The van der Waals surface area contributed by atoms with Crippen molar-refractivity contribution in [1.82, 2.24) is 14.9 Å². The summed E-state index contributed by atoms with van der Waals surface area (Å²) in [5.74, 6) is 7.68. The van der Waals surface area contributed by atoms with E-state index in [1.807, 2.05) is 31.2 Å². The number of methoxy groups -OCH3 is 1. The molecule has 0 aliphatic rings. The summed E-state index contributed by atoms with van der Waals surface area (Å²) >= 11 is 0. The standard InChI is InChI=1S/C12H16N6O/c1-3-11-15-17-12(18(11)13)16-14-8-9-4-6-10(19-2)7-5-9/h4-8H,3,13H2,1-2H3,(H,16,17)/b14-8-. The van der Waals surface area contributed by atoms with E-state index in [9.17, 15) is 0 Å².